The van der Waals surface area contributed by atoms with E-state index in [2.05, 4.69) is 5.32 Å². The van der Waals surface area contributed by atoms with Crippen LogP contribution in [0.4, 0.5) is 0 Å². The lowest BCUT2D eigenvalue weighted by Gasteiger charge is -2.13. The summed E-state index contributed by atoms with van der Waals surface area (Å²) in [5, 5.41) is 12.3. The van der Waals surface area contributed by atoms with Crippen molar-refractivity contribution >= 4 is 11.7 Å². The fourth-order valence-corrected chi connectivity index (χ4v) is 2.06. The molecule has 1 amide bonds. The third-order valence-corrected chi connectivity index (χ3v) is 3.23. The zero-order valence-electron chi connectivity index (χ0n) is 13.1. The Morgan fingerprint density at radius 1 is 1.14 bits per heavy atom. The minimum atomic E-state index is -0.526. The standard InChI is InChI=1S/C17H25NO3/c1-12(2)10-15(19)11-18-17(21)9-8-16(20)14-6-4-13(3)5-7-14/h4-7,12,15,19H,8-11H2,1-3H3,(H,18,21). The Morgan fingerprint density at radius 2 is 1.76 bits per heavy atom. The summed E-state index contributed by atoms with van der Waals surface area (Å²) in [6, 6.07) is 7.33. The Hall–Kier alpha value is -1.68. The number of aliphatic hydroxyl groups excluding tert-OH is 1. The summed E-state index contributed by atoms with van der Waals surface area (Å²) < 4.78 is 0. The number of benzene rings is 1. The first-order chi connectivity index (χ1) is 9.88. The molecule has 0 spiro atoms. The Labute approximate surface area is 126 Å². The number of aryl methyl sites for hydroxylation is 1. The Morgan fingerprint density at radius 3 is 2.33 bits per heavy atom. The molecule has 21 heavy (non-hydrogen) atoms. The first kappa shape index (κ1) is 17.4. The number of hydrogen-bond acceptors (Lipinski definition) is 3. The molecule has 0 bridgehead atoms. The van der Waals surface area contributed by atoms with Crippen molar-refractivity contribution in [1.29, 1.82) is 0 Å². The Kier molecular flexibility index (Phi) is 7.09. The SMILES string of the molecule is Cc1ccc(C(=O)CCC(=O)NCC(O)CC(C)C)cc1. The van der Waals surface area contributed by atoms with Crippen LogP contribution in [0.1, 0.15) is 49.0 Å². The normalized spacial score (nSPS) is 12.2. The highest BCUT2D eigenvalue weighted by molar-refractivity contribution is 5.97. The van der Waals surface area contributed by atoms with Crippen LogP contribution < -0.4 is 5.32 Å². The monoisotopic (exact) mass is 291 g/mol. The second kappa shape index (κ2) is 8.57. The predicted molar refractivity (Wildman–Crippen MR) is 83.2 cm³/mol. The molecule has 1 rings (SSSR count). The van der Waals surface area contributed by atoms with Gasteiger partial charge in [-0.05, 0) is 19.3 Å². The van der Waals surface area contributed by atoms with Crippen LogP contribution in [-0.2, 0) is 4.79 Å². The van der Waals surface area contributed by atoms with E-state index in [1.54, 1.807) is 12.1 Å². The number of Topliss-reactive ketones (excluding diaryl/α,β-unsaturated/α-hetero) is 1. The molecule has 0 heterocycles. The molecule has 1 atom stereocenters. The number of carbonyl (C=O) groups is 2. The molecule has 0 radical (unpaired) electrons. The summed E-state index contributed by atoms with van der Waals surface area (Å²) in [7, 11) is 0. The molecule has 0 aromatic heterocycles. The molecule has 2 N–H and O–H groups in total. The molecule has 0 saturated carbocycles. The van der Waals surface area contributed by atoms with Gasteiger partial charge in [0.05, 0.1) is 6.10 Å². The third-order valence-electron chi connectivity index (χ3n) is 3.23. The van der Waals surface area contributed by atoms with E-state index < -0.39 is 6.10 Å². The van der Waals surface area contributed by atoms with E-state index >= 15 is 0 Å². The summed E-state index contributed by atoms with van der Waals surface area (Å²) in [5.74, 6) is 0.158. The van der Waals surface area contributed by atoms with Gasteiger partial charge in [0.2, 0.25) is 5.91 Å². The lowest BCUT2D eigenvalue weighted by Crippen LogP contribution is -2.32. The summed E-state index contributed by atoms with van der Waals surface area (Å²) in [5.41, 5.74) is 1.73. The third kappa shape index (κ3) is 7.04. The van der Waals surface area contributed by atoms with E-state index in [4.69, 9.17) is 0 Å². The number of hydrogen-bond donors (Lipinski definition) is 2. The van der Waals surface area contributed by atoms with E-state index in [0.29, 0.717) is 17.9 Å². The van der Waals surface area contributed by atoms with E-state index in [1.165, 1.54) is 0 Å². The second-order valence-electron chi connectivity index (χ2n) is 5.88. The first-order valence-electron chi connectivity index (χ1n) is 7.43. The van der Waals surface area contributed by atoms with Crippen LogP contribution >= 0.6 is 0 Å². The van der Waals surface area contributed by atoms with Crippen LogP contribution in [0, 0.1) is 12.8 Å². The molecule has 4 nitrogen and oxygen atoms in total. The van der Waals surface area contributed by atoms with Crippen molar-refractivity contribution in [3.05, 3.63) is 35.4 Å². The van der Waals surface area contributed by atoms with Gasteiger partial charge in [-0.1, -0.05) is 43.7 Å². The van der Waals surface area contributed by atoms with Crippen LogP contribution in [0.25, 0.3) is 0 Å². The number of amides is 1. The highest BCUT2D eigenvalue weighted by Gasteiger charge is 2.11. The number of rotatable bonds is 8. The minimum Gasteiger partial charge on any atom is -0.391 e. The molecular weight excluding hydrogens is 266 g/mol. The quantitative estimate of drug-likeness (QED) is 0.723. The maximum Gasteiger partial charge on any atom is 0.220 e. The first-order valence-corrected chi connectivity index (χ1v) is 7.43. The summed E-state index contributed by atoms with van der Waals surface area (Å²) in [4.78, 5) is 23.6. The molecular formula is C17H25NO3. The van der Waals surface area contributed by atoms with Crippen LogP contribution in [0.3, 0.4) is 0 Å². The largest absolute Gasteiger partial charge is 0.391 e. The van der Waals surface area contributed by atoms with Crippen molar-refractivity contribution in [2.75, 3.05) is 6.54 Å². The molecule has 0 aliphatic carbocycles. The average molecular weight is 291 g/mol. The number of aliphatic hydroxyl groups is 1. The molecule has 0 aliphatic rings. The Bertz CT molecular complexity index is 465. The number of carbonyl (C=O) groups excluding carboxylic acids is 2. The van der Waals surface area contributed by atoms with E-state index in [0.717, 1.165) is 5.56 Å². The molecule has 4 heteroatoms. The molecule has 0 saturated heterocycles. The van der Waals surface area contributed by atoms with Gasteiger partial charge >= 0.3 is 0 Å². The van der Waals surface area contributed by atoms with Gasteiger partial charge in [0.15, 0.2) is 5.78 Å². The molecule has 1 aromatic carbocycles. The van der Waals surface area contributed by atoms with Crippen molar-refractivity contribution in [1.82, 2.24) is 5.32 Å². The fourth-order valence-electron chi connectivity index (χ4n) is 2.06. The maximum atomic E-state index is 11.9. The van der Waals surface area contributed by atoms with E-state index in [1.807, 2.05) is 32.9 Å². The molecule has 116 valence electrons. The number of ketones is 1. The van der Waals surface area contributed by atoms with Gasteiger partial charge in [0.1, 0.15) is 0 Å². The summed E-state index contributed by atoms with van der Waals surface area (Å²) in [6.07, 6.45) is 0.473. The smallest absolute Gasteiger partial charge is 0.220 e. The predicted octanol–water partition coefficient (Wildman–Crippen LogP) is 2.48. The van der Waals surface area contributed by atoms with Crippen molar-refractivity contribution in [2.24, 2.45) is 5.92 Å². The van der Waals surface area contributed by atoms with Crippen LogP contribution in [0.2, 0.25) is 0 Å². The van der Waals surface area contributed by atoms with Crippen molar-refractivity contribution in [3.8, 4) is 0 Å². The van der Waals surface area contributed by atoms with Crippen LogP contribution in [0.5, 0.6) is 0 Å². The lowest BCUT2D eigenvalue weighted by molar-refractivity contribution is -0.121. The minimum absolute atomic E-state index is 0.0344. The van der Waals surface area contributed by atoms with Gasteiger partial charge in [0, 0.05) is 24.9 Å². The van der Waals surface area contributed by atoms with Crippen LogP contribution in [-0.4, -0.2) is 29.4 Å². The van der Waals surface area contributed by atoms with Gasteiger partial charge in [-0.25, -0.2) is 0 Å². The van der Waals surface area contributed by atoms with Gasteiger partial charge in [-0.3, -0.25) is 9.59 Å². The molecule has 0 fully saturated rings. The lowest BCUT2D eigenvalue weighted by atomic mass is 10.0. The van der Waals surface area contributed by atoms with Crippen molar-refractivity contribution in [3.63, 3.8) is 0 Å². The molecule has 1 aromatic rings. The molecule has 0 aliphatic heterocycles. The molecule has 1 unspecified atom stereocenters. The Balaban J connectivity index is 2.29. The van der Waals surface area contributed by atoms with Crippen LogP contribution in [0.15, 0.2) is 24.3 Å². The summed E-state index contributed by atoms with van der Waals surface area (Å²) in [6.45, 7) is 6.25. The fraction of sp³-hybridized carbons (Fsp3) is 0.529. The van der Waals surface area contributed by atoms with Crippen molar-refractivity contribution < 1.29 is 14.7 Å². The highest BCUT2D eigenvalue weighted by Crippen LogP contribution is 2.08. The summed E-state index contributed by atoms with van der Waals surface area (Å²) >= 11 is 0. The zero-order valence-corrected chi connectivity index (χ0v) is 13.1. The van der Waals surface area contributed by atoms with E-state index in [9.17, 15) is 14.7 Å². The zero-order chi connectivity index (χ0) is 15.8. The van der Waals surface area contributed by atoms with Crippen molar-refractivity contribution in [2.45, 2.75) is 46.1 Å². The number of nitrogens with one attached hydrogen (secondary N) is 1. The van der Waals surface area contributed by atoms with Gasteiger partial charge in [0.25, 0.3) is 0 Å². The second-order valence-corrected chi connectivity index (χ2v) is 5.88. The van der Waals surface area contributed by atoms with Gasteiger partial charge < -0.3 is 10.4 Å². The average Bonchev–Trinajstić information content (AvgIpc) is 2.42. The maximum absolute atomic E-state index is 11.9. The topological polar surface area (TPSA) is 66.4 Å². The van der Waals surface area contributed by atoms with Gasteiger partial charge in [-0.15, -0.1) is 0 Å². The van der Waals surface area contributed by atoms with E-state index in [-0.39, 0.29) is 31.1 Å². The van der Waals surface area contributed by atoms with Gasteiger partial charge in [-0.2, -0.15) is 0 Å². The highest BCUT2D eigenvalue weighted by atomic mass is 16.3.